The Hall–Kier alpha value is -1.56. The predicted octanol–water partition coefficient (Wildman–Crippen LogP) is 1.52. The monoisotopic (exact) mass is 350 g/mol. The molecule has 4 rings (SSSR count). The standard InChI is InChI=1S/C21H16N2O.K/c1-14-9-10-16-6-4-8-19(21(16)23-14)22-13-18-17-7-3-2-5-15(17)11-12-20(18)24;/h2-13,24H,1H3;/q;+1/p-1. The number of nitrogens with zero attached hydrogens (tertiary/aromatic N) is 2. The summed E-state index contributed by atoms with van der Waals surface area (Å²) in [5.74, 6) is -0.0261. The Kier molecular flexibility index (Phi) is 5.66. The Balaban J connectivity index is 0.00000182. The van der Waals surface area contributed by atoms with Crippen molar-refractivity contribution in [3.63, 3.8) is 0 Å². The second kappa shape index (κ2) is 7.77. The van der Waals surface area contributed by atoms with Crippen LogP contribution in [0.25, 0.3) is 21.7 Å². The van der Waals surface area contributed by atoms with Crippen LogP contribution in [0.3, 0.4) is 0 Å². The van der Waals surface area contributed by atoms with Crippen molar-refractivity contribution < 1.29 is 56.5 Å². The first-order chi connectivity index (χ1) is 11.7. The number of para-hydroxylation sites is 1. The number of pyridine rings is 1. The van der Waals surface area contributed by atoms with Crippen LogP contribution in [-0.4, -0.2) is 11.2 Å². The largest absolute Gasteiger partial charge is 1.00 e. The van der Waals surface area contributed by atoms with Crippen LogP contribution in [-0.2, 0) is 0 Å². The van der Waals surface area contributed by atoms with Gasteiger partial charge in [0.15, 0.2) is 0 Å². The summed E-state index contributed by atoms with van der Waals surface area (Å²) in [6.07, 6.45) is 1.66. The minimum Gasteiger partial charge on any atom is -0.872 e. The quantitative estimate of drug-likeness (QED) is 0.407. The van der Waals surface area contributed by atoms with E-state index in [4.69, 9.17) is 0 Å². The van der Waals surface area contributed by atoms with E-state index in [-0.39, 0.29) is 57.1 Å². The SMILES string of the molecule is Cc1ccc2cccc(N=Cc3c([O-])ccc4ccccc34)c2n1.[K+]. The molecule has 0 bridgehead atoms. The minimum absolute atomic E-state index is 0. The van der Waals surface area contributed by atoms with Crippen LogP contribution in [0.4, 0.5) is 5.69 Å². The molecule has 0 fully saturated rings. The van der Waals surface area contributed by atoms with Gasteiger partial charge in [-0.1, -0.05) is 60.3 Å². The molecule has 116 valence electrons. The fourth-order valence-corrected chi connectivity index (χ4v) is 2.88. The van der Waals surface area contributed by atoms with Gasteiger partial charge < -0.3 is 5.11 Å². The second-order valence-electron chi connectivity index (χ2n) is 5.76. The normalized spacial score (nSPS) is 11.1. The summed E-state index contributed by atoms with van der Waals surface area (Å²) in [5, 5.41) is 15.3. The average molecular weight is 350 g/mol. The van der Waals surface area contributed by atoms with Crippen LogP contribution in [0.1, 0.15) is 11.3 Å². The number of aromatic nitrogens is 1. The van der Waals surface area contributed by atoms with Crippen LogP contribution in [0.5, 0.6) is 5.75 Å². The average Bonchev–Trinajstić information content (AvgIpc) is 2.61. The van der Waals surface area contributed by atoms with Gasteiger partial charge in [0.25, 0.3) is 0 Å². The Labute approximate surface area is 188 Å². The van der Waals surface area contributed by atoms with E-state index in [9.17, 15) is 5.11 Å². The molecule has 0 aliphatic heterocycles. The zero-order chi connectivity index (χ0) is 16.5. The van der Waals surface area contributed by atoms with E-state index in [1.807, 2.05) is 67.6 Å². The molecule has 0 aliphatic carbocycles. The summed E-state index contributed by atoms with van der Waals surface area (Å²) >= 11 is 0. The molecule has 0 N–H and O–H groups in total. The Morgan fingerprint density at radius 1 is 0.880 bits per heavy atom. The summed E-state index contributed by atoms with van der Waals surface area (Å²) in [7, 11) is 0. The molecule has 4 heteroatoms. The summed E-state index contributed by atoms with van der Waals surface area (Å²) < 4.78 is 0. The molecular formula is C21H15KN2O. The molecule has 25 heavy (non-hydrogen) atoms. The zero-order valence-corrected chi connectivity index (χ0v) is 17.4. The van der Waals surface area contributed by atoms with Crippen molar-refractivity contribution in [2.45, 2.75) is 6.92 Å². The Bertz CT molecular complexity index is 1090. The van der Waals surface area contributed by atoms with Crippen molar-refractivity contribution >= 4 is 33.6 Å². The predicted molar refractivity (Wildman–Crippen MR) is 97.1 cm³/mol. The molecule has 0 radical (unpaired) electrons. The van der Waals surface area contributed by atoms with Gasteiger partial charge in [0.05, 0.1) is 11.2 Å². The van der Waals surface area contributed by atoms with Gasteiger partial charge in [-0.25, -0.2) is 0 Å². The van der Waals surface area contributed by atoms with E-state index in [0.29, 0.717) is 5.56 Å². The summed E-state index contributed by atoms with van der Waals surface area (Å²) in [4.78, 5) is 9.15. The summed E-state index contributed by atoms with van der Waals surface area (Å²) in [6.45, 7) is 1.96. The van der Waals surface area contributed by atoms with Crippen LogP contribution >= 0.6 is 0 Å². The molecule has 0 saturated heterocycles. The number of aryl methyl sites for hydroxylation is 1. The van der Waals surface area contributed by atoms with Crippen molar-refractivity contribution in [2.24, 2.45) is 4.99 Å². The Morgan fingerprint density at radius 3 is 2.52 bits per heavy atom. The summed E-state index contributed by atoms with van der Waals surface area (Å²) in [6, 6.07) is 21.2. The number of benzene rings is 3. The van der Waals surface area contributed by atoms with Crippen LogP contribution in [0, 0.1) is 6.92 Å². The molecule has 0 unspecified atom stereocenters. The van der Waals surface area contributed by atoms with Gasteiger partial charge >= 0.3 is 51.4 Å². The van der Waals surface area contributed by atoms with Gasteiger partial charge in [-0.05, 0) is 35.4 Å². The zero-order valence-electron chi connectivity index (χ0n) is 14.2. The first kappa shape index (κ1) is 18.2. The molecule has 3 nitrogen and oxygen atoms in total. The van der Waals surface area contributed by atoms with Crippen LogP contribution in [0.15, 0.2) is 71.7 Å². The maximum absolute atomic E-state index is 12.3. The molecule has 1 aromatic heterocycles. The Morgan fingerprint density at radius 2 is 1.64 bits per heavy atom. The van der Waals surface area contributed by atoms with Crippen molar-refractivity contribution in [1.82, 2.24) is 4.98 Å². The van der Waals surface area contributed by atoms with Gasteiger partial charge in [0.1, 0.15) is 0 Å². The third kappa shape index (κ3) is 3.68. The minimum atomic E-state index is -0.0261. The number of rotatable bonds is 2. The van der Waals surface area contributed by atoms with E-state index in [1.165, 1.54) is 0 Å². The van der Waals surface area contributed by atoms with E-state index < -0.39 is 0 Å². The number of aliphatic imine (C=N–C) groups is 1. The fraction of sp³-hybridized carbons (Fsp3) is 0.0476. The molecule has 4 aromatic rings. The molecule has 0 aliphatic rings. The molecule has 3 aromatic carbocycles. The molecule has 0 atom stereocenters. The second-order valence-corrected chi connectivity index (χ2v) is 5.76. The number of hydrogen-bond acceptors (Lipinski definition) is 3. The van der Waals surface area contributed by atoms with Gasteiger partial charge in [0.2, 0.25) is 0 Å². The van der Waals surface area contributed by atoms with Crippen molar-refractivity contribution in [3.8, 4) is 5.75 Å². The number of hydrogen-bond donors (Lipinski definition) is 0. The number of fused-ring (bicyclic) bond motifs is 2. The van der Waals surface area contributed by atoms with Crippen molar-refractivity contribution in [3.05, 3.63) is 78.0 Å². The van der Waals surface area contributed by atoms with Crippen LogP contribution in [0.2, 0.25) is 0 Å². The molecule has 0 spiro atoms. The van der Waals surface area contributed by atoms with E-state index >= 15 is 0 Å². The summed E-state index contributed by atoms with van der Waals surface area (Å²) in [5.41, 5.74) is 3.17. The topological polar surface area (TPSA) is 48.3 Å². The third-order valence-corrected chi connectivity index (χ3v) is 4.10. The van der Waals surface area contributed by atoms with Gasteiger partial charge in [-0.2, -0.15) is 0 Å². The first-order valence-corrected chi connectivity index (χ1v) is 7.81. The van der Waals surface area contributed by atoms with E-state index in [1.54, 1.807) is 12.3 Å². The smallest absolute Gasteiger partial charge is 0.872 e. The van der Waals surface area contributed by atoms with Crippen molar-refractivity contribution in [2.75, 3.05) is 0 Å². The fourth-order valence-electron chi connectivity index (χ4n) is 2.88. The molecular weight excluding hydrogens is 335 g/mol. The maximum Gasteiger partial charge on any atom is 1.00 e. The molecule has 0 amide bonds. The third-order valence-electron chi connectivity index (χ3n) is 4.10. The van der Waals surface area contributed by atoms with Crippen LogP contribution < -0.4 is 56.5 Å². The van der Waals surface area contributed by atoms with E-state index in [0.717, 1.165) is 33.1 Å². The van der Waals surface area contributed by atoms with Crippen molar-refractivity contribution in [1.29, 1.82) is 0 Å². The molecule has 0 saturated carbocycles. The maximum atomic E-state index is 12.3. The molecule has 1 heterocycles. The van der Waals surface area contributed by atoms with E-state index in [2.05, 4.69) is 9.98 Å². The van der Waals surface area contributed by atoms with Gasteiger partial charge in [0, 0.05) is 17.3 Å². The van der Waals surface area contributed by atoms with Gasteiger partial charge in [-0.3, -0.25) is 9.98 Å². The first-order valence-electron chi connectivity index (χ1n) is 7.81. The van der Waals surface area contributed by atoms with Gasteiger partial charge in [-0.15, -0.1) is 0 Å².